The van der Waals surface area contributed by atoms with Gasteiger partial charge in [-0.05, 0) is 0 Å². The van der Waals surface area contributed by atoms with Crippen molar-refractivity contribution in [1.82, 2.24) is 5.32 Å². The third-order valence-electron chi connectivity index (χ3n) is 1.34. The van der Waals surface area contributed by atoms with Gasteiger partial charge in [0.1, 0.15) is 18.2 Å². The van der Waals surface area contributed by atoms with Gasteiger partial charge in [0.25, 0.3) is 0 Å². The SMILES string of the molecule is C1=NCC2N=CNC2=N1. The molecule has 0 radical (unpaired) electrons. The van der Waals surface area contributed by atoms with Gasteiger partial charge in [-0.2, -0.15) is 0 Å². The molecule has 4 nitrogen and oxygen atoms in total. The molecule has 1 unspecified atom stereocenters. The van der Waals surface area contributed by atoms with Crippen molar-refractivity contribution < 1.29 is 0 Å². The van der Waals surface area contributed by atoms with Crippen LogP contribution in [0.1, 0.15) is 0 Å². The van der Waals surface area contributed by atoms with Crippen LogP contribution in [0.3, 0.4) is 0 Å². The van der Waals surface area contributed by atoms with Gasteiger partial charge in [0.05, 0.1) is 12.9 Å². The van der Waals surface area contributed by atoms with Gasteiger partial charge in [-0.25, -0.2) is 4.99 Å². The predicted octanol–water partition coefficient (Wildman–Crippen LogP) is -0.573. The number of hydrogen-bond acceptors (Lipinski definition) is 4. The Kier molecular flexibility index (Phi) is 0.855. The minimum atomic E-state index is 0.176. The van der Waals surface area contributed by atoms with Gasteiger partial charge in [-0.15, -0.1) is 0 Å². The number of amidine groups is 1. The van der Waals surface area contributed by atoms with Crippen LogP contribution in [0.2, 0.25) is 0 Å². The van der Waals surface area contributed by atoms with Crippen LogP contribution in [-0.2, 0) is 0 Å². The van der Waals surface area contributed by atoms with Crippen molar-refractivity contribution in [2.24, 2.45) is 15.0 Å². The molecule has 0 aromatic rings. The van der Waals surface area contributed by atoms with Crippen LogP contribution in [-0.4, -0.2) is 31.1 Å². The smallest absolute Gasteiger partial charge is 0.135 e. The Bertz CT molecular complexity index is 203. The highest BCUT2D eigenvalue weighted by Crippen LogP contribution is 2.01. The molecule has 46 valence electrons. The van der Waals surface area contributed by atoms with E-state index >= 15 is 0 Å². The van der Waals surface area contributed by atoms with E-state index in [0.717, 1.165) is 12.4 Å². The average Bonchev–Trinajstić information content (AvgIpc) is 2.33. The fraction of sp³-hybridized carbons (Fsp3) is 0.400. The highest BCUT2D eigenvalue weighted by molar-refractivity contribution is 6.04. The van der Waals surface area contributed by atoms with Crippen molar-refractivity contribution in [1.29, 1.82) is 0 Å². The summed E-state index contributed by atoms with van der Waals surface area (Å²) in [6.45, 7) is 0.738. The quantitative estimate of drug-likeness (QED) is 0.459. The van der Waals surface area contributed by atoms with Crippen molar-refractivity contribution in [2.75, 3.05) is 6.54 Å². The highest BCUT2D eigenvalue weighted by Gasteiger charge is 2.18. The molecule has 0 amide bonds. The predicted molar refractivity (Wildman–Crippen MR) is 36.2 cm³/mol. The van der Waals surface area contributed by atoms with Crippen molar-refractivity contribution in [3.63, 3.8) is 0 Å². The molecule has 4 heteroatoms. The molecular weight excluding hydrogens is 116 g/mol. The number of fused-ring (bicyclic) bond motifs is 1. The Morgan fingerprint density at radius 1 is 1.67 bits per heavy atom. The topological polar surface area (TPSA) is 49.1 Å². The summed E-state index contributed by atoms with van der Waals surface area (Å²) < 4.78 is 0. The van der Waals surface area contributed by atoms with Crippen LogP contribution >= 0.6 is 0 Å². The largest absolute Gasteiger partial charge is 0.333 e. The summed E-state index contributed by atoms with van der Waals surface area (Å²) in [7, 11) is 0. The van der Waals surface area contributed by atoms with E-state index in [1.807, 2.05) is 0 Å². The van der Waals surface area contributed by atoms with E-state index in [1.54, 1.807) is 12.7 Å². The molecule has 9 heavy (non-hydrogen) atoms. The Labute approximate surface area is 52.4 Å². The standard InChI is InChI=1S/C5H6N4/c1-4-5(8-2-6-1)9-3-7-4/h2-4H,1H2,(H,6,7,8,9). The first-order valence-electron chi connectivity index (χ1n) is 2.81. The molecule has 2 heterocycles. The third-order valence-corrected chi connectivity index (χ3v) is 1.34. The first-order chi connectivity index (χ1) is 4.47. The van der Waals surface area contributed by atoms with Crippen LogP contribution in [0.15, 0.2) is 15.0 Å². The summed E-state index contributed by atoms with van der Waals surface area (Å²) in [4.78, 5) is 12.0. The Balaban J connectivity index is 2.29. The summed E-state index contributed by atoms with van der Waals surface area (Å²) in [6.07, 6.45) is 3.23. The highest BCUT2D eigenvalue weighted by atomic mass is 15.2. The van der Waals surface area contributed by atoms with Crippen molar-refractivity contribution in [3.8, 4) is 0 Å². The maximum atomic E-state index is 4.08. The van der Waals surface area contributed by atoms with Crippen LogP contribution in [0, 0.1) is 0 Å². The normalized spacial score (nSPS) is 29.3. The number of rotatable bonds is 0. The molecule has 0 saturated heterocycles. The average molecular weight is 122 g/mol. The van der Waals surface area contributed by atoms with Crippen LogP contribution in [0.5, 0.6) is 0 Å². The van der Waals surface area contributed by atoms with E-state index in [-0.39, 0.29) is 6.04 Å². The summed E-state index contributed by atoms with van der Waals surface area (Å²) in [5.41, 5.74) is 0. The van der Waals surface area contributed by atoms with Gasteiger partial charge in [0.2, 0.25) is 0 Å². The molecule has 1 N–H and O–H groups in total. The number of nitrogens with zero attached hydrogens (tertiary/aromatic N) is 3. The lowest BCUT2D eigenvalue weighted by atomic mass is 10.3. The van der Waals surface area contributed by atoms with Gasteiger partial charge in [-0.1, -0.05) is 0 Å². The van der Waals surface area contributed by atoms with Crippen LogP contribution in [0.25, 0.3) is 0 Å². The molecule has 0 saturated carbocycles. The van der Waals surface area contributed by atoms with Crippen molar-refractivity contribution >= 4 is 18.5 Å². The molecule has 0 bridgehead atoms. The van der Waals surface area contributed by atoms with Crippen LogP contribution in [0.4, 0.5) is 0 Å². The maximum absolute atomic E-state index is 4.08. The van der Waals surface area contributed by atoms with E-state index in [2.05, 4.69) is 20.3 Å². The first-order valence-corrected chi connectivity index (χ1v) is 2.81. The molecule has 2 aliphatic rings. The van der Waals surface area contributed by atoms with E-state index < -0.39 is 0 Å². The van der Waals surface area contributed by atoms with Gasteiger partial charge in [-0.3, -0.25) is 9.98 Å². The molecule has 0 aliphatic carbocycles. The zero-order valence-corrected chi connectivity index (χ0v) is 4.78. The second-order valence-electron chi connectivity index (χ2n) is 1.93. The van der Waals surface area contributed by atoms with Crippen molar-refractivity contribution in [3.05, 3.63) is 0 Å². The molecule has 0 fully saturated rings. The number of aliphatic imine (C=N–C) groups is 3. The summed E-state index contributed by atoms with van der Waals surface area (Å²) in [5.74, 6) is 0.921. The summed E-state index contributed by atoms with van der Waals surface area (Å²) in [5, 5.41) is 2.93. The second kappa shape index (κ2) is 1.65. The molecular formula is C5H6N4. The molecule has 0 aromatic heterocycles. The lowest BCUT2D eigenvalue weighted by Gasteiger charge is -2.06. The summed E-state index contributed by atoms with van der Waals surface area (Å²) >= 11 is 0. The van der Waals surface area contributed by atoms with Gasteiger partial charge in [0.15, 0.2) is 0 Å². The zero-order valence-electron chi connectivity index (χ0n) is 4.78. The van der Waals surface area contributed by atoms with E-state index in [1.165, 1.54) is 0 Å². The van der Waals surface area contributed by atoms with E-state index in [4.69, 9.17) is 0 Å². The molecule has 0 spiro atoms. The number of nitrogens with one attached hydrogen (secondary N) is 1. The molecule has 1 atom stereocenters. The zero-order chi connectivity index (χ0) is 6.10. The summed E-state index contributed by atoms with van der Waals surface area (Å²) in [6, 6.07) is 0.176. The third kappa shape index (κ3) is 0.630. The maximum Gasteiger partial charge on any atom is 0.135 e. The monoisotopic (exact) mass is 122 g/mol. The van der Waals surface area contributed by atoms with Gasteiger partial charge in [0, 0.05) is 0 Å². The molecule has 2 aliphatic heterocycles. The first kappa shape index (κ1) is 4.67. The minimum Gasteiger partial charge on any atom is -0.333 e. The fourth-order valence-corrected chi connectivity index (χ4v) is 0.867. The number of hydrogen-bond donors (Lipinski definition) is 1. The molecule has 0 aromatic carbocycles. The Morgan fingerprint density at radius 2 is 2.67 bits per heavy atom. The van der Waals surface area contributed by atoms with Crippen LogP contribution < -0.4 is 5.32 Å². The Morgan fingerprint density at radius 3 is 3.56 bits per heavy atom. The van der Waals surface area contributed by atoms with Gasteiger partial charge < -0.3 is 5.32 Å². The van der Waals surface area contributed by atoms with E-state index in [0.29, 0.717) is 0 Å². The van der Waals surface area contributed by atoms with Crippen molar-refractivity contribution in [2.45, 2.75) is 6.04 Å². The second-order valence-corrected chi connectivity index (χ2v) is 1.93. The Hall–Kier alpha value is -1.19. The lowest BCUT2D eigenvalue weighted by Crippen LogP contribution is -2.29. The lowest BCUT2D eigenvalue weighted by molar-refractivity contribution is 0.865. The van der Waals surface area contributed by atoms with Gasteiger partial charge >= 0.3 is 0 Å². The van der Waals surface area contributed by atoms with E-state index in [9.17, 15) is 0 Å². The minimum absolute atomic E-state index is 0.176. The molecule has 2 rings (SSSR count). The fourth-order valence-electron chi connectivity index (χ4n) is 0.867.